The van der Waals surface area contributed by atoms with Crippen LogP contribution in [0.15, 0.2) is 30.3 Å². The van der Waals surface area contributed by atoms with E-state index in [-0.39, 0.29) is 12.0 Å². The summed E-state index contributed by atoms with van der Waals surface area (Å²) in [5.74, 6) is -0.340. The second-order valence-corrected chi connectivity index (χ2v) is 4.30. The van der Waals surface area contributed by atoms with Crippen LogP contribution in [0, 0.1) is 0 Å². The van der Waals surface area contributed by atoms with Crippen LogP contribution in [0.4, 0.5) is 0 Å². The molecule has 1 fully saturated rings. The maximum absolute atomic E-state index is 11.4. The zero-order valence-electron chi connectivity index (χ0n) is 9.76. The van der Waals surface area contributed by atoms with Crippen LogP contribution < -0.4 is 11.1 Å². The van der Waals surface area contributed by atoms with Gasteiger partial charge in [-0.2, -0.15) is 0 Å². The number of hydrogen-bond acceptors (Lipinski definition) is 3. The third-order valence-electron chi connectivity index (χ3n) is 3.01. The van der Waals surface area contributed by atoms with Gasteiger partial charge in [0.05, 0.1) is 6.10 Å². The third-order valence-corrected chi connectivity index (χ3v) is 3.01. The average molecular weight is 234 g/mol. The molecule has 2 rings (SSSR count). The standard InChI is InChI=1S/C13H18N2O2/c14-13(16)12(11-7-4-8-17-11)15-9-10-5-2-1-3-6-10/h1-3,5-6,11-12,15H,4,7-9H2,(H2,14,16). The van der Waals surface area contributed by atoms with Gasteiger partial charge in [0.2, 0.25) is 5.91 Å². The Balaban J connectivity index is 1.92. The molecule has 0 saturated carbocycles. The Morgan fingerprint density at radius 3 is 2.82 bits per heavy atom. The number of rotatable bonds is 5. The van der Waals surface area contributed by atoms with Crippen molar-refractivity contribution in [2.75, 3.05) is 6.61 Å². The molecule has 0 radical (unpaired) electrons. The second kappa shape index (κ2) is 5.80. The van der Waals surface area contributed by atoms with Crippen LogP contribution in [0.25, 0.3) is 0 Å². The van der Waals surface area contributed by atoms with E-state index < -0.39 is 6.04 Å². The molecule has 2 atom stereocenters. The minimum absolute atomic E-state index is 0.0730. The topological polar surface area (TPSA) is 64.4 Å². The lowest BCUT2D eigenvalue weighted by molar-refractivity contribution is -0.123. The molecule has 0 spiro atoms. The van der Waals surface area contributed by atoms with Gasteiger partial charge in [0.25, 0.3) is 0 Å². The lowest BCUT2D eigenvalue weighted by Crippen LogP contribution is -2.48. The van der Waals surface area contributed by atoms with Gasteiger partial charge in [0, 0.05) is 13.2 Å². The number of nitrogens with one attached hydrogen (secondary N) is 1. The van der Waals surface area contributed by atoms with E-state index in [0.29, 0.717) is 6.54 Å². The van der Waals surface area contributed by atoms with Crippen molar-refractivity contribution in [2.45, 2.75) is 31.5 Å². The van der Waals surface area contributed by atoms with E-state index in [0.717, 1.165) is 25.0 Å². The normalized spacial score (nSPS) is 21.3. The highest BCUT2D eigenvalue weighted by Crippen LogP contribution is 2.16. The summed E-state index contributed by atoms with van der Waals surface area (Å²) in [7, 11) is 0. The first-order chi connectivity index (χ1) is 8.27. The predicted octanol–water partition coefficient (Wildman–Crippen LogP) is 0.809. The summed E-state index contributed by atoms with van der Waals surface area (Å²) >= 11 is 0. The predicted molar refractivity (Wildman–Crippen MR) is 65.2 cm³/mol. The number of benzene rings is 1. The van der Waals surface area contributed by atoms with E-state index in [4.69, 9.17) is 10.5 Å². The number of nitrogens with two attached hydrogens (primary N) is 1. The SMILES string of the molecule is NC(=O)C(NCc1ccccc1)C1CCCO1. The first kappa shape index (κ1) is 12.1. The third kappa shape index (κ3) is 3.28. The van der Waals surface area contributed by atoms with Crippen LogP contribution in [0.5, 0.6) is 0 Å². The Morgan fingerprint density at radius 1 is 1.47 bits per heavy atom. The second-order valence-electron chi connectivity index (χ2n) is 4.30. The number of ether oxygens (including phenoxy) is 1. The average Bonchev–Trinajstić information content (AvgIpc) is 2.84. The van der Waals surface area contributed by atoms with Gasteiger partial charge in [0.1, 0.15) is 6.04 Å². The van der Waals surface area contributed by atoms with Gasteiger partial charge < -0.3 is 10.5 Å². The van der Waals surface area contributed by atoms with E-state index in [1.807, 2.05) is 30.3 Å². The van der Waals surface area contributed by atoms with E-state index in [1.165, 1.54) is 0 Å². The van der Waals surface area contributed by atoms with Crippen molar-refractivity contribution in [1.29, 1.82) is 0 Å². The van der Waals surface area contributed by atoms with Gasteiger partial charge in [-0.05, 0) is 18.4 Å². The molecule has 1 aromatic carbocycles. The minimum atomic E-state index is -0.391. The summed E-state index contributed by atoms with van der Waals surface area (Å²) in [4.78, 5) is 11.4. The van der Waals surface area contributed by atoms with Crippen LogP contribution in [-0.4, -0.2) is 24.7 Å². The molecule has 4 heteroatoms. The monoisotopic (exact) mass is 234 g/mol. The Morgan fingerprint density at radius 2 is 2.24 bits per heavy atom. The maximum Gasteiger partial charge on any atom is 0.237 e. The van der Waals surface area contributed by atoms with Gasteiger partial charge in [-0.25, -0.2) is 0 Å². The van der Waals surface area contributed by atoms with Crippen molar-refractivity contribution in [3.05, 3.63) is 35.9 Å². The number of carbonyl (C=O) groups is 1. The molecule has 1 heterocycles. The van der Waals surface area contributed by atoms with Crippen LogP contribution in [0.2, 0.25) is 0 Å². The van der Waals surface area contributed by atoms with Crippen LogP contribution >= 0.6 is 0 Å². The number of primary amides is 1. The first-order valence-corrected chi connectivity index (χ1v) is 5.95. The molecule has 92 valence electrons. The Kier molecular flexibility index (Phi) is 4.12. The lowest BCUT2D eigenvalue weighted by atomic mass is 10.1. The van der Waals surface area contributed by atoms with Crippen molar-refractivity contribution in [1.82, 2.24) is 5.32 Å². The van der Waals surface area contributed by atoms with Gasteiger partial charge in [0.15, 0.2) is 0 Å². The fourth-order valence-electron chi connectivity index (χ4n) is 2.10. The lowest BCUT2D eigenvalue weighted by Gasteiger charge is -2.21. The molecule has 1 aliphatic rings. The quantitative estimate of drug-likeness (QED) is 0.792. The number of amides is 1. The van der Waals surface area contributed by atoms with Crippen molar-refractivity contribution < 1.29 is 9.53 Å². The first-order valence-electron chi connectivity index (χ1n) is 5.95. The van der Waals surface area contributed by atoms with E-state index >= 15 is 0 Å². The highest BCUT2D eigenvalue weighted by molar-refractivity contribution is 5.80. The Bertz CT molecular complexity index is 361. The summed E-state index contributed by atoms with van der Waals surface area (Å²) in [5.41, 5.74) is 6.54. The highest BCUT2D eigenvalue weighted by atomic mass is 16.5. The molecular weight excluding hydrogens is 216 g/mol. The van der Waals surface area contributed by atoms with Gasteiger partial charge in [-0.3, -0.25) is 10.1 Å². The smallest absolute Gasteiger partial charge is 0.237 e. The molecule has 0 aromatic heterocycles. The molecule has 3 N–H and O–H groups in total. The molecule has 17 heavy (non-hydrogen) atoms. The number of carbonyl (C=O) groups excluding carboxylic acids is 1. The highest BCUT2D eigenvalue weighted by Gasteiger charge is 2.29. The van der Waals surface area contributed by atoms with Crippen molar-refractivity contribution >= 4 is 5.91 Å². The summed E-state index contributed by atoms with van der Waals surface area (Å²) in [5, 5.41) is 3.18. The van der Waals surface area contributed by atoms with E-state index in [1.54, 1.807) is 0 Å². The van der Waals surface area contributed by atoms with Crippen LogP contribution in [0.1, 0.15) is 18.4 Å². The summed E-state index contributed by atoms with van der Waals surface area (Å²) < 4.78 is 5.50. The van der Waals surface area contributed by atoms with Gasteiger partial charge in [-0.1, -0.05) is 30.3 Å². The molecular formula is C13H18N2O2. The van der Waals surface area contributed by atoms with Crippen molar-refractivity contribution in [3.63, 3.8) is 0 Å². The zero-order chi connectivity index (χ0) is 12.1. The van der Waals surface area contributed by atoms with Crippen molar-refractivity contribution in [3.8, 4) is 0 Å². The summed E-state index contributed by atoms with van der Waals surface area (Å²) in [6, 6.07) is 9.55. The van der Waals surface area contributed by atoms with Crippen molar-refractivity contribution in [2.24, 2.45) is 5.73 Å². The van der Waals surface area contributed by atoms with Gasteiger partial charge in [-0.15, -0.1) is 0 Å². The maximum atomic E-state index is 11.4. The molecule has 1 saturated heterocycles. The Labute approximate surface area is 101 Å². The van der Waals surface area contributed by atoms with Crippen LogP contribution in [0.3, 0.4) is 0 Å². The zero-order valence-corrected chi connectivity index (χ0v) is 9.76. The molecule has 1 amide bonds. The summed E-state index contributed by atoms with van der Waals surface area (Å²) in [6.45, 7) is 1.36. The van der Waals surface area contributed by atoms with E-state index in [2.05, 4.69) is 5.32 Å². The molecule has 0 aliphatic carbocycles. The molecule has 1 aliphatic heterocycles. The molecule has 2 unspecified atom stereocenters. The van der Waals surface area contributed by atoms with Crippen LogP contribution in [-0.2, 0) is 16.1 Å². The fourth-order valence-corrected chi connectivity index (χ4v) is 2.10. The van der Waals surface area contributed by atoms with E-state index in [9.17, 15) is 4.79 Å². The fraction of sp³-hybridized carbons (Fsp3) is 0.462. The minimum Gasteiger partial charge on any atom is -0.376 e. The largest absolute Gasteiger partial charge is 0.376 e. The molecule has 0 bridgehead atoms. The molecule has 1 aromatic rings. The summed E-state index contributed by atoms with van der Waals surface area (Å²) in [6.07, 6.45) is 1.83. The molecule has 4 nitrogen and oxygen atoms in total. The number of hydrogen-bond donors (Lipinski definition) is 2. The Hall–Kier alpha value is -1.39. The van der Waals surface area contributed by atoms with Gasteiger partial charge >= 0.3 is 0 Å².